The molecule has 94 valence electrons. The van der Waals surface area contributed by atoms with Crippen LogP contribution in [0.2, 0.25) is 0 Å². The van der Waals surface area contributed by atoms with Gasteiger partial charge >= 0.3 is 0 Å². The molecule has 0 aromatic carbocycles. The van der Waals surface area contributed by atoms with Gasteiger partial charge in [0.25, 0.3) is 0 Å². The summed E-state index contributed by atoms with van der Waals surface area (Å²) < 4.78 is 5.54. The highest BCUT2D eigenvalue weighted by atomic mass is 32.2. The van der Waals surface area contributed by atoms with E-state index in [4.69, 9.17) is 4.74 Å². The van der Waals surface area contributed by atoms with Crippen molar-refractivity contribution in [3.63, 3.8) is 0 Å². The second-order valence-electron chi connectivity index (χ2n) is 4.07. The summed E-state index contributed by atoms with van der Waals surface area (Å²) in [6.45, 7) is 4.76. The fourth-order valence-electron chi connectivity index (χ4n) is 1.82. The second kappa shape index (κ2) is 6.93. The van der Waals surface area contributed by atoms with Crippen LogP contribution >= 0.6 is 11.8 Å². The lowest BCUT2D eigenvalue weighted by Crippen LogP contribution is -2.25. The quantitative estimate of drug-likeness (QED) is 0.619. The largest absolute Gasteiger partial charge is 0.377 e. The first-order valence-electron chi connectivity index (χ1n) is 6.14. The van der Waals surface area contributed by atoms with E-state index in [0.717, 1.165) is 36.2 Å². The fraction of sp³-hybridized carbons (Fsp3) is 0.667. The lowest BCUT2D eigenvalue weighted by molar-refractivity contribution is 0.110. The second-order valence-corrected chi connectivity index (χ2v) is 5.30. The van der Waals surface area contributed by atoms with Gasteiger partial charge in [-0.2, -0.15) is 0 Å². The molecular formula is C12H19N3OS. The zero-order valence-electron chi connectivity index (χ0n) is 10.2. The molecule has 4 nitrogen and oxygen atoms in total. The summed E-state index contributed by atoms with van der Waals surface area (Å²) in [6.07, 6.45) is 6.56. The van der Waals surface area contributed by atoms with Crippen LogP contribution in [0.4, 0.5) is 0 Å². The zero-order valence-corrected chi connectivity index (χ0v) is 11.0. The number of thioether (sulfide) groups is 1. The van der Waals surface area contributed by atoms with E-state index in [9.17, 15) is 0 Å². The Labute approximate surface area is 107 Å². The molecule has 1 aromatic heterocycles. The normalized spacial score (nSPS) is 19.7. The van der Waals surface area contributed by atoms with Gasteiger partial charge in [-0.25, -0.2) is 9.97 Å². The molecule has 1 aliphatic heterocycles. The van der Waals surface area contributed by atoms with Gasteiger partial charge in [0, 0.05) is 37.7 Å². The Morgan fingerprint density at radius 1 is 1.47 bits per heavy atom. The van der Waals surface area contributed by atoms with E-state index in [1.807, 2.05) is 12.4 Å². The molecule has 1 N–H and O–H groups in total. The predicted octanol–water partition coefficient (Wildman–Crippen LogP) is 1.86. The van der Waals surface area contributed by atoms with Gasteiger partial charge in [-0.3, -0.25) is 0 Å². The van der Waals surface area contributed by atoms with Crippen LogP contribution < -0.4 is 5.32 Å². The first kappa shape index (κ1) is 12.8. The SMILES string of the molecule is CCSc1ncc(CNC[C@@H]2CCCO2)cn1. The molecule has 1 saturated heterocycles. The molecule has 1 aliphatic rings. The Bertz CT molecular complexity index is 325. The number of hydrogen-bond donors (Lipinski definition) is 1. The molecule has 0 spiro atoms. The Kier molecular flexibility index (Phi) is 5.22. The molecule has 1 atom stereocenters. The summed E-state index contributed by atoms with van der Waals surface area (Å²) in [5.74, 6) is 1.01. The van der Waals surface area contributed by atoms with Crippen molar-refractivity contribution in [1.29, 1.82) is 0 Å². The maximum Gasteiger partial charge on any atom is 0.187 e. The van der Waals surface area contributed by atoms with Gasteiger partial charge in [-0.05, 0) is 18.6 Å². The molecule has 0 bridgehead atoms. The molecule has 0 amide bonds. The Morgan fingerprint density at radius 2 is 2.29 bits per heavy atom. The topological polar surface area (TPSA) is 47.0 Å². The van der Waals surface area contributed by atoms with Gasteiger partial charge in [0.05, 0.1) is 6.10 Å². The van der Waals surface area contributed by atoms with Gasteiger partial charge < -0.3 is 10.1 Å². The molecule has 17 heavy (non-hydrogen) atoms. The minimum absolute atomic E-state index is 0.394. The molecule has 2 rings (SSSR count). The van der Waals surface area contributed by atoms with Crippen molar-refractivity contribution >= 4 is 11.8 Å². The van der Waals surface area contributed by atoms with Crippen molar-refractivity contribution < 1.29 is 4.74 Å². The van der Waals surface area contributed by atoms with Gasteiger partial charge in [0.1, 0.15) is 0 Å². The van der Waals surface area contributed by atoms with Crippen LogP contribution in [-0.4, -0.2) is 35.0 Å². The average Bonchev–Trinajstić information content (AvgIpc) is 2.85. The van der Waals surface area contributed by atoms with Crippen molar-refractivity contribution in [3.8, 4) is 0 Å². The van der Waals surface area contributed by atoms with E-state index in [2.05, 4.69) is 22.2 Å². The molecule has 0 radical (unpaired) electrons. The van der Waals surface area contributed by atoms with E-state index >= 15 is 0 Å². The summed E-state index contributed by atoms with van der Waals surface area (Å²) in [6, 6.07) is 0. The molecule has 1 fully saturated rings. The average molecular weight is 253 g/mol. The first-order chi connectivity index (χ1) is 8.38. The number of nitrogens with one attached hydrogen (secondary N) is 1. The fourth-order valence-corrected chi connectivity index (χ4v) is 2.33. The van der Waals surface area contributed by atoms with Crippen molar-refractivity contribution in [1.82, 2.24) is 15.3 Å². The molecule has 1 aromatic rings. The van der Waals surface area contributed by atoms with E-state index < -0.39 is 0 Å². The van der Waals surface area contributed by atoms with E-state index in [1.165, 1.54) is 12.8 Å². The zero-order chi connectivity index (χ0) is 11.9. The van der Waals surface area contributed by atoms with Crippen molar-refractivity contribution in [2.75, 3.05) is 18.9 Å². The van der Waals surface area contributed by atoms with Crippen LogP contribution in [0, 0.1) is 0 Å². The van der Waals surface area contributed by atoms with E-state index in [1.54, 1.807) is 11.8 Å². The lowest BCUT2D eigenvalue weighted by atomic mass is 10.2. The number of rotatable bonds is 6. The molecule has 0 unspecified atom stereocenters. The van der Waals surface area contributed by atoms with E-state index in [0.29, 0.717) is 6.10 Å². The summed E-state index contributed by atoms with van der Waals surface area (Å²) in [4.78, 5) is 8.60. The van der Waals surface area contributed by atoms with Crippen LogP contribution in [0.1, 0.15) is 25.3 Å². The van der Waals surface area contributed by atoms with Crippen LogP contribution in [0.5, 0.6) is 0 Å². The smallest absolute Gasteiger partial charge is 0.187 e. The highest BCUT2D eigenvalue weighted by Gasteiger charge is 2.14. The minimum atomic E-state index is 0.394. The van der Waals surface area contributed by atoms with Gasteiger partial charge in [-0.1, -0.05) is 18.7 Å². The maximum atomic E-state index is 5.54. The lowest BCUT2D eigenvalue weighted by Gasteiger charge is -2.10. The third-order valence-electron chi connectivity index (χ3n) is 2.68. The third kappa shape index (κ3) is 4.26. The van der Waals surface area contributed by atoms with Crippen molar-refractivity contribution in [3.05, 3.63) is 18.0 Å². The van der Waals surface area contributed by atoms with Crippen LogP contribution in [-0.2, 0) is 11.3 Å². The van der Waals surface area contributed by atoms with Gasteiger partial charge in [0.15, 0.2) is 5.16 Å². The number of hydrogen-bond acceptors (Lipinski definition) is 5. The minimum Gasteiger partial charge on any atom is -0.377 e. The first-order valence-corrected chi connectivity index (χ1v) is 7.13. The molecule has 0 saturated carbocycles. The van der Waals surface area contributed by atoms with Crippen molar-refractivity contribution in [2.45, 2.75) is 37.6 Å². The summed E-state index contributed by atoms with van der Waals surface area (Å²) in [5.41, 5.74) is 1.13. The summed E-state index contributed by atoms with van der Waals surface area (Å²) >= 11 is 1.67. The monoisotopic (exact) mass is 253 g/mol. The predicted molar refractivity (Wildman–Crippen MR) is 69.1 cm³/mol. The van der Waals surface area contributed by atoms with E-state index in [-0.39, 0.29) is 0 Å². The highest BCUT2D eigenvalue weighted by molar-refractivity contribution is 7.99. The Morgan fingerprint density at radius 3 is 2.94 bits per heavy atom. The molecule has 2 heterocycles. The highest BCUT2D eigenvalue weighted by Crippen LogP contribution is 2.12. The molecular weight excluding hydrogens is 234 g/mol. The number of aromatic nitrogens is 2. The molecule has 0 aliphatic carbocycles. The maximum absolute atomic E-state index is 5.54. The van der Waals surface area contributed by atoms with Crippen LogP contribution in [0.3, 0.4) is 0 Å². The summed E-state index contributed by atoms with van der Waals surface area (Å²) in [7, 11) is 0. The van der Waals surface area contributed by atoms with Crippen LogP contribution in [0.15, 0.2) is 17.6 Å². The summed E-state index contributed by atoms with van der Waals surface area (Å²) in [5, 5.41) is 4.24. The molecule has 5 heteroatoms. The Hall–Kier alpha value is -0.650. The standard InChI is InChI=1S/C12H19N3OS/c1-2-17-12-14-7-10(8-15-12)6-13-9-11-4-3-5-16-11/h7-8,11,13H,2-6,9H2,1H3/t11-/m0/s1. The van der Waals surface area contributed by atoms with Crippen molar-refractivity contribution in [2.24, 2.45) is 0 Å². The number of nitrogens with zero attached hydrogens (tertiary/aromatic N) is 2. The van der Waals surface area contributed by atoms with Gasteiger partial charge in [0.2, 0.25) is 0 Å². The Balaban J connectivity index is 1.70. The number of ether oxygens (including phenoxy) is 1. The van der Waals surface area contributed by atoms with Gasteiger partial charge in [-0.15, -0.1) is 0 Å². The third-order valence-corrected chi connectivity index (χ3v) is 3.44. The van der Waals surface area contributed by atoms with Crippen LogP contribution in [0.25, 0.3) is 0 Å².